The van der Waals surface area contributed by atoms with Gasteiger partial charge in [0.1, 0.15) is 22.8 Å². The van der Waals surface area contributed by atoms with E-state index in [1.165, 1.54) is 56.2 Å². The van der Waals surface area contributed by atoms with Gasteiger partial charge in [-0.3, -0.25) is 38.5 Å². The van der Waals surface area contributed by atoms with Crippen molar-refractivity contribution in [2.24, 2.45) is 16.9 Å². The molecule has 7 rings (SSSR count). The summed E-state index contributed by atoms with van der Waals surface area (Å²) in [5.41, 5.74) is -1.82. The molecule has 0 bridgehead atoms. The van der Waals surface area contributed by atoms with Crippen LogP contribution in [0.2, 0.25) is 0 Å². The van der Waals surface area contributed by atoms with Crippen LogP contribution in [0, 0.1) is 11.8 Å². The summed E-state index contributed by atoms with van der Waals surface area (Å²) in [6, 6.07) is 3.63. The van der Waals surface area contributed by atoms with Crippen LogP contribution in [0.4, 0.5) is 0 Å². The van der Waals surface area contributed by atoms with Crippen LogP contribution in [0.3, 0.4) is 0 Å². The number of aliphatic hydroxyl groups excluding tert-OH is 2. The van der Waals surface area contributed by atoms with Gasteiger partial charge in [0.25, 0.3) is 11.8 Å². The lowest BCUT2D eigenvalue weighted by Crippen LogP contribution is -2.55. The maximum atomic E-state index is 14.2. The zero-order valence-corrected chi connectivity index (χ0v) is 38.0. The van der Waals surface area contributed by atoms with E-state index in [4.69, 9.17) is 23.7 Å². The van der Waals surface area contributed by atoms with Crippen LogP contribution in [-0.2, 0) is 49.3 Å². The first-order chi connectivity index (χ1) is 32.3. The first kappa shape index (κ1) is 49.8. The van der Waals surface area contributed by atoms with Gasteiger partial charge in [-0.15, -0.1) is 0 Å². The second-order valence-corrected chi connectivity index (χ2v) is 17.8. The second-order valence-electron chi connectivity index (χ2n) is 17.8. The monoisotopic (exact) mass is 948 g/mol. The molecule has 21 heteroatoms. The fraction of sp³-hybridized carbons (Fsp3) is 0.532. The van der Waals surface area contributed by atoms with Crippen molar-refractivity contribution in [2.45, 2.75) is 121 Å². The average Bonchev–Trinajstić information content (AvgIpc) is 3.61. The van der Waals surface area contributed by atoms with E-state index in [0.29, 0.717) is 32.1 Å². The van der Waals surface area contributed by atoms with Gasteiger partial charge in [-0.05, 0) is 57.6 Å². The van der Waals surface area contributed by atoms with Gasteiger partial charge in [-0.25, -0.2) is 5.43 Å². The summed E-state index contributed by atoms with van der Waals surface area (Å²) in [7, 11) is 1.31. The van der Waals surface area contributed by atoms with Crippen LogP contribution in [0.5, 0.6) is 17.2 Å². The number of ketones is 2. The van der Waals surface area contributed by atoms with Gasteiger partial charge in [0.15, 0.2) is 12.1 Å². The lowest BCUT2D eigenvalue weighted by atomic mass is 9.71. The van der Waals surface area contributed by atoms with E-state index < -0.39 is 120 Å². The van der Waals surface area contributed by atoms with Gasteiger partial charge >= 0.3 is 11.9 Å². The Morgan fingerprint density at radius 3 is 2.25 bits per heavy atom. The molecule has 2 aliphatic heterocycles. The smallest absolute Gasteiger partial charge is 0.305 e. The number of phenols is 2. The molecule has 366 valence electrons. The lowest BCUT2D eigenvalue weighted by Gasteiger charge is -2.43. The summed E-state index contributed by atoms with van der Waals surface area (Å²) in [5.74, 6) is -6.16. The first-order valence-corrected chi connectivity index (χ1v) is 22.5. The van der Waals surface area contributed by atoms with Gasteiger partial charge in [-0.1, -0.05) is 12.1 Å². The van der Waals surface area contributed by atoms with Gasteiger partial charge in [0.05, 0.1) is 54.4 Å². The summed E-state index contributed by atoms with van der Waals surface area (Å²) >= 11 is 0. The van der Waals surface area contributed by atoms with Gasteiger partial charge in [-0.2, -0.15) is 5.10 Å². The number of amides is 3. The number of imide groups is 1. The van der Waals surface area contributed by atoms with E-state index in [2.05, 4.69) is 15.8 Å². The van der Waals surface area contributed by atoms with Gasteiger partial charge < -0.3 is 54.5 Å². The topological polar surface area (TPSA) is 306 Å². The van der Waals surface area contributed by atoms with Crippen LogP contribution < -0.4 is 15.5 Å². The van der Waals surface area contributed by atoms with Crippen molar-refractivity contribution in [3.8, 4) is 17.2 Å². The van der Waals surface area contributed by atoms with E-state index in [0.717, 1.165) is 0 Å². The average molecular weight is 949 g/mol. The molecule has 6 atom stereocenters. The van der Waals surface area contributed by atoms with Gasteiger partial charge in [0.2, 0.25) is 18.0 Å². The lowest BCUT2D eigenvalue weighted by molar-refractivity contribution is -0.248. The number of esters is 2. The molecular weight excluding hydrogens is 893 g/mol. The maximum Gasteiger partial charge on any atom is 0.305 e. The molecule has 2 heterocycles. The normalized spacial score (nSPS) is 26.9. The first-order valence-electron chi connectivity index (χ1n) is 22.5. The quantitative estimate of drug-likeness (QED) is 0.0204. The minimum Gasteiger partial charge on any atom is -0.507 e. The molecule has 4 unspecified atom stereocenters. The van der Waals surface area contributed by atoms with Crippen molar-refractivity contribution in [1.29, 1.82) is 0 Å². The van der Waals surface area contributed by atoms with Crippen molar-refractivity contribution in [1.82, 2.24) is 15.6 Å². The fourth-order valence-electron chi connectivity index (χ4n) is 9.82. The number of methoxy groups -OCH3 is 1. The van der Waals surface area contributed by atoms with E-state index >= 15 is 0 Å². The van der Waals surface area contributed by atoms with Crippen molar-refractivity contribution < 1.29 is 82.8 Å². The number of ether oxygens (including phenoxy) is 5. The highest BCUT2D eigenvalue weighted by Gasteiger charge is 2.50. The number of nitrogens with one attached hydrogen (secondary N) is 2. The van der Waals surface area contributed by atoms with E-state index in [1.54, 1.807) is 6.92 Å². The predicted molar refractivity (Wildman–Crippen MR) is 234 cm³/mol. The molecule has 2 aromatic carbocycles. The van der Waals surface area contributed by atoms with Crippen LogP contribution in [0.15, 0.2) is 35.5 Å². The highest BCUT2D eigenvalue weighted by molar-refractivity contribution is 6.31. The Kier molecular flexibility index (Phi) is 15.1. The molecular formula is C47H56N4O17. The fourth-order valence-corrected chi connectivity index (χ4v) is 9.82. The molecule has 3 aliphatic carbocycles. The second kappa shape index (κ2) is 20.6. The number of hydrazone groups is 1. The summed E-state index contributed by atoms with van der Waals surface area (Å²) in [6.07, 6.45) is -2.03. The van der Waals surface area contributed by atoms with Crippen molar-refractivity contribution in [2.75, 3.05) is 26.8 Å². The molecule has 2 fully saturated rings. The number of aromatic hydroxyl groups is 2. The van der Waals surface area contributed by atoms with Crippen molar-refractivity contribution >= 4 is 46.9 Å². The number of carbonyl (C=O) groups excluding carboxylic acids is 7. The van der Waals surface area contributed by atoms with Crippen LogP contribution in [-0.4, -0.2) is 141 Å². The Bertz CT molecular complexity index is 2390. The number of nitrogens with zero attached hydrogens (tertiary/aromatic N) is 2. The van der Waals surface area contributed by atoms with Gasteiger partial charge in [0, 0.05) is 86.9 Å². The van der Waals surface area contributed by atoms with Crippen LogP contribution in [0.1, 0.15) is 121 Å². The SMILES string of the molecule is COc1cccc2c1C(=O)c1c(O)c3c(c(O)c1C2=O)C[C@@](O)(/C(CO)=N/NC(=O)C1CCC(CN2C(=O)C=CC2=O)CC1)C[C@@H]3OC1CC(NCCCC(OC(C)=O)OC(C)=O)C(O)C(C)O1. The largest absolute Gasteiger partial charge is 0.507 e. The summed E-state index contributed by atoms with van der Waals surface area (Å²) in [6.45, 7) is 3.51. The Balaban J connectivity index is 1.15. The number of hydrogen-bond donors (Lipinski definition) is 7. The molecule has 1 saturated heterocycles. The van der Waals surface area contributed by atoms with Crippen molar-refractivity contribution in [3.05, 3.63) is 63.7 Å². The molecule has 2 aromatic rings. The molecule has 68 heavy (non-hydrogen) atoms. The van der Waals surface area contributed by atoms with Crippen LogP contribution in [0.25, 0.3) is 0 Å². The number of fused-ring (bicyclic) bond motifs is 3. The molecule has 7 N–H and O–H groups in total. The Morgan fingerprint density at radius 1 is 0.956 bits per heavy atom. The highest BCUT2D eigenvalue weighted by atomic mass is 16.7. The summed E-state index contributed by atoms with van der Waals surface area (Å²) in [4.78, 5) is 90.3. The Labute approximate surface area is 390 Å². The molecule has 0 spiro atoms. The maximum absolute atomic E-state index is 14.2. The number of aliphatic hydroxyl groups is 3. The molecule has 0 aromatic heterocycles. The number of hydrogen-bond acceptors (Lipinski definition) is 19. The zero-order chi connectivity index (χ0) is 49.2. The zero-order valence-electron chi connectivity index (χ0n) is 38.0. The standard InChI is InChI=1S/C47H56N4O17/c1-22-41(57)29(48-16-6-9-35(66-23(2)53)67-24(3)54)17-36(65-22)68-31-19-47(63,32(21-52)49-50-46(62)26-12-10-25(11-13-26)20-51-33(55)14-15-34(51)56)18-28-38(31)45(61)40-39(43(28)59)42(58)27-7-5-8-30(64-4)37(27)44(40)60/h5,7-8,14-15,22,25-26,29,31,35-36,41,48,52,57,59,61,63H,6,9-13,16-21H2,1-4H3,(H,50,62)/b49-32+/t22?,25?,26?,29?,31-,36?,41?,47-/m0/s1. The van der Waals surface area contributed by atoms with E-state index in [-0.39, 0.29) is 77.4 Å². The van der Waals surface area contributed by atoms with Crippen LogP contribution >= 0.6 is 0 Å². The third kappa shape index (κ3) is 10.2. The third-order valence-electron chi connectivity index (χ3n) is 13.3. The van der Waals surface area contributed by atoms with Crippen molar-refractivity contribution in [3.63, 3.8) is 0 Å². The summed E-state index contributed by atoms with van der Waals surface area (Å²) < 4.78 is 28.1. The number of benzene rings is 2. The van der Waals surface area contributed by atoms with E-state index in [9.17, 15) is 59.1 Å². The number of rotatable bonds is 16. The third-order valence-corrected chi connectivity index (χ3v) is 13.3. The molecule has 5 aliphatic rings. The minimum atomic E-state index is -2.24. The Morgan fingerprint density at radius 2 is 1.62 bits per heavy atom. The molecule has 3 amide bonds. The molecule has 21 nitrogen and oxygen atoms in total. The predicted octanol–water partition coefficient (Wildman–Crippen LogP) is 1.50. The Hall–Kier alpha value is -6.10. The number of phenolic OH excluding ortho intramolecular Hbond substituents is 2. The number of carbonyl (C=O) groups is 7. The summed E-state index contributed by atoms with van der Waals surface area (Å²) in [5, 5.41) is 65.9. The molecule has 0 radical (unpaired) electrons. The minimum absolute atomic E-state index is 0.0125. The molecule has 1 saturated carbocycles. The highest BCUT2D eigenvalue weighted by Crippen LogP contribution is 2.53. The van der Waals surface area contributed by atoms with E-state index in [1.807, 2.05) is 0 Å².